The van der Waals surface area contributed by atoms with Crippen molar-refractivity contribution in [2.75, 3.05) is 26.2 Å². The lowest BCUT2D eigenvalue weighted by Crippen LogP contribution is -2.46. The third-order valence-electron chi connectivity index (χ3n) is 4.45. The van der Waals surface area contributed by atoms with Crippen molar-refractivity contribution >= 4 is 0 Å². The van der Waals surface area contributed by atoms with Gasteiger partial charge in [-0.2, -0.15) is 0 Å². The Morgan fingerprint density at radius 2 is 1.83 bits per heavy atom. The minimum atomic E-state index is 0.853. The topological polar surface area (TPSA) is 19.6 Å². The molecule has 0 atom stereocenters. The number of furan rings is 1. The van der Waals surface area contributed by atoms with Gasteiger partial charge in [0.1, 0.15) is 0 Å². The molecule has 3 rings (SSSR count). The Morgan fingerprint density at radius 1 is 1.06 bits per heavy atom. The zero-order chi connectivity index (χ0) is 12.2. The molecule has 1 aromatic rings. The van der Waals surface area contributed by atoms with Gasteiger partial charge < -0.3 is 9.32 Å². The van der Waals surface area contributed by atoms with Crippen molar-refractivity contribution in [3.05, 3.63) is 24.2 Å². The maximum atomic E-state index is 5.14. The maximum absolute atomic E-state index is 5.14. The average molecular weight is 248 g/mol. The van der Waals surface area contributed by atoms with E-state index in [1.165, 1.54) is 63.8 Å². The van der Waals surface area contributed by atoms with Crippen LogP contribution >= 0.6 is 0 Å². The molecule has 3 nitrogen and oxygen atoms in total. The van der Waals surface area contributed by atoms with E-state index in [1.54, 1.807) is 6.26 Å². The molecule has 0 N–H and O–H groups in total. The molecule has 3 heterocycles. The van der Waals surface area contributed by atoms with Crippen LogP contribution < -0.4 is 0 Å². The molecule has 0 unspecified atom stereocenters. The van der Waals surface area contributed by atoms with Crippen LogP contribution in [0.25, 0.3) is 0 Å². The highest BCUT2D eigenvalue weighted by Crippen LogP contribution is 2.21. The Balaban J connectivity index is 1.45. The molecule has 2 fully saturated rings. The van der Waals surface area contributed by atoms with Gasteiger partial charge >= 0.3 is 0 Å². The summed E-state index contributed by atoms with van der Waals surface area (Å²) in [5.41, 5.74) is 1.31. The first-order valence-corrected chi connectivity index (χ1v) is 7.39. The normalized spacial score (nSPS) is 24.4. The molecule has 2 aliphatic rings. The Morgan fingerprint density at radius 3 is 2.50 bits per heavy atom. The fourth-order valence-corrected chi connectivity index (χ4v) is 3.37. The Kier molecular flexibility index (Phi) is 4.01. The third-order valence-corrected chi connectivity index (χ3v) is 4.45. The van der Waals surface area contributed by atoms with Crippen LogP contribution in [0, 0.1) is 0 Å². The summed E-state index contributed by atoms with van der Waals surface area (Å²) >= 11 is 0. The standard InChI is InChI=1S/C15H24N2O/c1-2-7-17(8-3-1)15-4-9-16(10-5-15)12-14-6-11-18-13-14/h6,11,13,15H,1-5,7-10,12H2. The van der Waals surface area contributed by atoms with Crippen LogP contribution in [0.4, 0.5) is 0 Å². The van der Waals surface area contributed by atoms with Crippen LogP contribution in [-0.4, -0.2) is 42.0 Å². The molecule has 0 aliphatic carbocycles. The Bertz CT molecular complexity index is 335. The molecule has 18 heavy (non-hydrogen) atoms. The summed E-state index contributed by atoms with van der Waals surface area (Å²) < 4.78 is 5.14. The van der Waals surface area contributed by atoms with Crippen LogP contribution in [-0.2, 0) is 6.54 Å². The number of hydrogen-bond donors (Lipinski definition) is 0. The second-order valence-corrected chi connectivity index (χ2v) is 5.74. The summed E-state index contributed by atoms with van der Waals surface area (Å²) in [6, 6.07) is 2.93. The molecular formula is C15H24N2O. The fourth-order valence-electron chi connectivity index (χ4n) is 3.37. The van der Waals surface area contributed by atoms with Gasteiger partial charge in [-0.1, -0.05) is 6.42 Å². The van der Waals surface area contributed by atoms with Crippen LogP contribution in [0.2, 0.25) is 0 Å². The molecule has 0 aromatic carbocycles. The number of hydrogen-bond acceptors (Lipinski definition) is 3. The van der Waals surface area contributed by atoms with E-state index in [4.69, 9.17) is 4.42 Å². The molecule has 3 heteroatoms. The minimum absolute atomic E-state index is 0.853. The molecule has 2 aliphatic heterocycles. The predicted octanol–water partition coefficient (Wildman–Crippen LogP) is 2.73. The molecule has 2 saturated heterocycles. The average Bonchev–Trinajstić information content (AvgIpc) is 2.94. The summed E-state index contributed by atoms with van der Waals surface area (Å²) in [6.07, 6.45) is 10.6. The first kappa shape index (κ1) is 12.2. The maximum Gasteiger partial charge on any atom is 0.0947 e. The molecule has 1 aromatic heterocycles. The minimum Gasteiger partial charge on any atom is -0.472 e. The number of likely N-dealkylation sites (tertiary alicyclic amines) is 2. The zero-order valence-electron chi connectivity index (χ0n) is 11.2. The van der Waals surface area contributed by atoms with Crippen molar-refractivity contribution in [1.29, 1.82) is 0 Å². The van der Waals surface area contributed by atoms with Gasteiger partial charge in [-0.15, -0.1) is 0 Å². The molecule has 0 spiro atoms. The zero-order valence-corrected chi connectivity index (χ0v) is 11.2. The van der Waals surface area contributed by atoms with E-state index in [0.29, 0.717) is 0 Å². The quantitative estimate of drug-likeness (QED) is 0.820. The summed E-state index contributed by atoms with van der Waals surface area (Å²) in [5.74, 6) is 0. The van der Waals surface area contributed by atoms with E-state index in [0.717, 1.165) is 12.6 Å². The lowest BCUT2D eigenvalue weighted by molar-refractivity contribution is 0.0896. The number of rotatable bonds is 3. The Labute approximate surface area is 110 Å². The summed E-state index contributed by atoms with van der Waals surface area (Å²) in [5, 5.41) is 0. The Hall–Kier alpha value is -0.800. The molecule has 0 saturated carbocycles. The van der Waals surface area contributed by atoms with E-state index in [2.05, 4.69) is 15.9 Å². The highest BCUT2D eigenvalue weighted by Gasteiger charge is 2.25. The molecule has 0 radical (unpaired) electrons. The number of nitrogens with zero attached hydrogens (tertiary/aromatic N) is 2. The molecule has 100 valence electrons. The summed E-state index contributed by atoms with van der Waals surface area (Å²) in [7, 11) is 0. The van der Waals surface area contributed by atoms with E-state index in [-0.39, 0.29) is 0 Å². The first-order valence-electron chi connectivity index (χ1n) is 7.39. The van der Waals surface area contributed by atoms with Gasteiger partial charge in [0.15, 0.2) is 0 Å². The first-order chi connectivity index (χ1) is 8.92. The van der Waals surface area contributed by atoms with E-state index < -0.39 is 0 Å². The lowest BCUT2D eigenvalue weighted by Gasteiger charge is -2.40. The van der Waals surface area contributed by atoms with Crippen molar-refractivity contribution in [2.45, 2.75) is 44.7 Å². The van der Waals surface area contributed by atoms with E-state index in [1.807, 2.05) is 6.26 Å². The lowest BCUT2D eigenvalue weighted by atomic mass is 10.00. The third kappa shape index (κ3) is 2.96. The van der Waals surface area contributed by atoms with Gasteiger partial charge in [-0.25, -0.2) is 0 Å². The summed E-state index contributed by atoms with van der Waals surface area (Å²) in [6.45, 7) is 6.22. The van der Waals surface area contributed by atoms with Gasteiger partial charge in [0, 0.05) is 18.2 Å². The molecule has 0 bridgehead atoms. The van der Waals surface area contributed by atoms with Crippen LogP contribution in [0.15, 0.2) is 23.0 Å². The van der Waals surface area contributed by atoms with E-state index in [9.17, 15) is 0 Å². The predicted molar refractivity (Wildman–Crippen MR) is 72.4 cm³/mol. The van der Waals surface area contributed by atoms with Gasteiger partial charge in [-0.3, -0.25) is 4.90 Å². The largest absolute Gasteiger partial charge is 0.472 e. The van der Waals surface area contributed by atoms with Crippen molar-refractivity contribution < 1.29 is 4.42 Å². The second-order valence-electron chi connectivity index (χ2n) is 5.74. The van der Waals surface area contributed by atoms with Gasteiger partial charge in [0.2, 0.25) is 0 Å². The van der Waals surface area contributed by atoms with Gasteiger partial charge in [0.05, 0.1) is 12.5 Å². The molecule has 0 amide bonds. The van der Waals surface area contributed by atoms with Crippen molar-refractivity contribution in [3.63, 3.8) is 0 Å². The highest BCUT2D eigenvalue weighted by molar-refractivity contribution is 5.05. The van der Waals surface area contributed by atoms with Gasteiger partial charge in [0.25, 0.3) is 0 Å². The van der Waals surface area contributed by atoms with Crippen LogP contribution in [0.3, 0.4) is 0 Å². The smallest absolute Gasteiger partial charge is 0.0947 e. The summed E-state index contributed by atoms with van der Waals surface area (Å²) in [4.78, 5) is 5.30. The van der Waals surface area contributed by atoms with Crippen molar-refractivity contribution in [3.8, 4) is 0 Å². The van der Waals surface area contributed by atoms with Crippen LogP contribution in [0.5, 0.6) is 0 Å². The molecular weight excluding hydrogens is 224 g/mol. The van der Waals surface area contributed by atoms with Crippen molar-refractivity contribution in [1.82, 2.24) is 9.80 Å². The second kappa shape index (κ2) is 5.89. The van der Waals surface area contributed by atoms with Crippen molar-refractivity contribution in [2.24, 2.45) is 0 Å². The highest BCUT2D eigenvalue weighted by atomic mass is 16.3. The van der Waals surface area contributed by atoms with Crippen LogP contribution in [0.1, 0.15) is 37.7 Å². The van der Waals surface area contributed by atoms with Gasteiger partial charge in [-0.05, 0) is 57.9 Å². The fraction of sp³-hybridized carbons (Fsp3) is 0.733. The monoisotopic (exact) mass is 248 g/mol. The SMILES string of the molecule is c1cc(CN2CCC(N3CCCCC3)CC2)co1. The number of piperidine rings is 2. The van der Waals surface area contributed by atoms with E-state index >= 15 is 0 Å².